The Morgan fingerprint density at radius 1 is 1.32 bits per heavy atom. The Hall–Kier alpha value is -1.05. The number of benzene rings is 1. The number of carbonyl (C=O) groups is 1. The number of carbonyl (C=O) groups excluding carboxylic acids is 1. The van der Waals surface area contributed by atoms with Crippen molar-refractivity contribution < 1.29 is 13.2 Å². The molecule has 0 bridgehead atoms. The number of thioether (sulfide) groups is 1. The quantitative estimate of drug-likeness (QED) is 0.759. The normalized spacial score (nSPS) is 22.8. The van der Waals surface area contributed by atoms with E-state index in [0.29, 0.717) is 17.5 Å². The number of hydrogen-bond donors (Lipinski definition) is 0. The van der Waals surface area contributed by atoms with Crippen LogP contribution in [0.2, 0.25) is 0 Å². The number of likely N-dealkylation sites (N-methyl/N-ethyl adjacent to an activating group) is 1. The molecule has 25 heavy (non-hydrogen) atoms. The zero-order chi connectivity index (χ0) is 18.2. The fraction of sp³-hybridized carbons (Fsp3) is 0.611. The summed E-state index contributed by atoms with van der Waals surface area (Å²) in [5.41, 5.74) is 1.14. The average Bonchev–Trinajstić information content (AvgIpc) is 3.35. The van der Waals surface area contributed by atoms with E-state index in [-0.39, 0.29) is 16.8 Å². The average molecular weight is 383 g/mol. The maximum absolute atomic E-state index is 13.0. The Balaban J connectivity index is 1.81. The number of nitrogens with zero attached hydrogens (tertiary/aromatic N) is 2. The van der Waals surface area contributed by atoms with Crippen molar-refractivity contribution in [2.24, 2.45) is 0 Å². The zero-order valence-corrected chi connectivity index (χ0v) is 16.6. The lowest BCUT2D eigenvalue weighted by atomic mass is 9.99. The predicted molar refractivity (Wildman–Crippen MR) is 101 cm³/mol. The van der Waals surface area contributed by atoms with Crippen molar-refractivity contribution in [2.45, 2.75) is 56.0 Å². The molecular formula is C18H26N2O3S2. The topological polar surface area (TPSA) is 57.7 Å². The van der Waals surface area contributed by atoms with Gasteiger partial charge in [-0.2, -0.15) is 4.31 Å². The highest BCUT2D eigenvalue weighted by Gasteiger charge is 2.43. The van der Waals surface area contributed by atoms with E-state index in [1.165, 1.54) is 16.1 Å². The van der Waals surface area contributed by atoms with Crippen molar-refractivity contribution in [3.8, 4) is 0 Å². The molecule has 1 aromatic carbocycles. The minimum atomic E-state index is -3.66. The predicted octanol–water partition coefficient (Wildman–Crippen LogP) is 2.88. The molecule has 2 fully saturated rings. The Morgan fingerprint density at radius 3 is 2.52 bits per heavy atom. The maximum atomic E-state index is 13.0. The molecule has 1 amide bonds. The standard InChI is InChI=1S/C18H26N2O3S2/c1-4-13(2)14-5-9-16(10-6-14)25(22,23)20-12-24-11-17(20)18(21)19(3)15-7-8-15/h5-6,9-10,13,15,17H,4,7-8,11-12H2,1-3H3. The first-order valence-electron chi connectivity index (χ1n) is 8.82. The van der Waals surface area contributed by atoms with Gasteiger partial charge >= 0.3 is 0 Å². The van der Waals surface area contributed by atoms with Crippen LogP contribution >= 0.6 is 11.8 Å². The van der Waals surface area contributed by atoms with Crippen LogP contribution in [0.4, 0.5) is 0 Å². The summed E-state index contributed by atoms with van der Waals surface area (Å²) in [6.45, 7) is 4.24. The highest BCUT2D eigenvalue weighted by Crippen LogP contribution is 2.32. The van der Waals surface area contributed by atoms with E-state index in [1.54, 1.807) is 24.1 Å². The van der Waals surface area contributed by atoms with Gasteiger partial charge in [0.2, 0.25) is 15.9 Å². The van der Waals surface area contributed by atoms with Gasteiger partial charge in [0.05, 0.1) is 10.8 Å². The number of sulfonamides is 1. The lowest BCUT2D eigenvalue weighted by Crippen LogP contribution is -2.48. The third-order valence-corrected chi connectivity index (χ3v) is 8.28. The van der Waals surface area contributed by atoms with E-state index in [0.717, 1.165) is 24.8 Å². The van der Waals surface area contributed by atoms with E-state index in [1.807, 2.05) is 12.1 Å². The van der Waals surface area contributed by atoms with Crippen molar-refractivity contribution in [2.75, 3.05) is 18.7 Å². The van der Waals surface area contributed by atoms with Crippen molar-refractivity contribution in [3.63, 3.8) is 0 Å². The highest BCUT2D eigenvalue weighted by molar-refractivity contribution is 8.00. The molecule has 2 atom stereocenters. The van der Waals surface area contributed by atoms with Crippen LogP contribution in [0.25, 0.3) is 0 Å². The molecule has 1 saturated carbocycles. The third-order valence-electron chi connectivity index (χ3n) is 5.24. The second-order valence-electron chi connectivity index (χ2n) is 6.97. The number of rotatable bonds is 6. The second-order valence-corrected chi connectivity index (χ2v) is 9.86. The molecule has 1 heterocycles. The van der Waals surface area contributed by atoms with Crippen molar-refractivity contribution in [1.29, 1.82) is 0 Å². The summed E-state index contributed by atoms with van der Waals surface area (Å²) in [4.78, 5) is 14.7. The van der Waals surface area contributed by atoms with Crippen LogP contribution in [0.1, 0.15) is 44.6 Å². The largest absolute Gasteiger partial charge is 0.341 e. The molecule has 7 heteroatoms. The third kappa shape index (κ3) is 3.73. The minimum absolute atomic E-state index is 0.0766. The van der Waals surface area contributed by atoms with Crippen LogP contribution in [0, 0.1) is 0 Å². The van der Waals surface area contributed by atoms with Gasteiger partial charge in [-0.05, 0) is 42.9 Å². The molecular weight excluding hydrogens is 356 g/mol. The molecule has 0 radical (unpaired) electrons. The fourth-order valence-corrected chi connectivity index (χ4v) is 6.21. The van der Waals surface area contributed by atoms with Crippen molar-refractivity contribution >= 4 is 27.7 Å². The number of hydrogen-bond acceptors (Lipinski definition) is 4. The van der Waals surface area contributed by atoms with Crippen LogP contribution in [0.5, 0.6) is 0 Å². The van der Waals surface area contributed by atoms with Gasteiger partial charge in [-0.25, -0.2) is 8.42 Å². The van der Waals surface area contributed by atoms with Crippen LogP contribution in [-0.2, 0) is 14.8 Å². The Bertz CT molecular complexity index is 729. The Labute approximate surface area is 154 Å². The SMILES string of the molecule is CCC(C)c1ccc(S(=O)(=O)N2CSCC2C(=O)N(C)C2CC2)cc1. The Kier molecular flexibility index (Phi) is 5.46. The summed E-state index contributed by atoms with van der Waals surface area (Å²) in [6.07, 6.45) is 3.05. The van der Waals surface area contributed by atoms with E-state index in [4.69, 9.17) is 0 Å². The molecule has 0 spiro atoms. The first-order valence-corrected chi connectivity index (χ1v) is 11.4. The molecule has 1 saturated heterocycles. The van der Waals surface area contributed by atoms with Crippen LogP contribution in [0.15, 0.2) is 29.2 Å². The van der Waals surface area contributed by atoms with Crippen LogP contribution in [0.3, 0.4) is 0 Å². The van der Waals surface area contributed by atoms with Crippen molar-refractivity contribution in [3.05, 3.63) is 29.8 Å². The van der Waals surface area contributed by atoms with Crippen LogP contribution < -0.4 is 0 Å². The molecule has 1 aliphatic heterocycles. The first kappa shape index (κ1) is 18.7. The molecule has 0 aromatic heterocycles. The van der Waals surface area contributed by atoms with Crippen molar-refractivity contribution in [1.82, 2.24) is 9.21 Å². The zero-order valence-electron chi connectivity index (χ0n) is 15.0. The monoisotopic (exact) mass is 382 g/mol. The summed E-state index contributed by atoms with van der Waals surface area (Å²) in [5.74, 6) is 1.19. The minimum Gasteiger partial charge on any atom is -0.341 e. The maximum Gasteiger partial charge on any atom is 0.244 e. The van der Waals surface area contributed by atoms with E-state index >= 15 is 0 Å². The molecule has 0 N–H and O–H groups in total. The summed E-state index contributed by atoms with van der Waals surface area (Å²) in [7, 11) is -1.87. The summed E-state index contributed by atoms with van der Waals surface area (Å²) in [6, 6.07) is 6.82. The van der Waals surface area contributed by atoms with Gasteiger partial charge in [-0.1, -0.05) is 26.0 Å². The van der Waals surface area contributed by atoms with Gasteiger partial charge in [-0.3, -0.25) is 4.79 Å². The van der Waals surface area contributed by atoms with E-state index in [2.05, 4.69) is 13.8 Å². The summed E-state index contributed by atoms with van der Waals surface area (Å²) >= 11 is 1.50. The highest BCUT2D eigenvalue weighted by atomic mass is 32.2. The van der Waals surface area contributed by atoms with Gasteiger partial charge in [0.15, 0.2) is 0 Å². The second kappa shape index (κ2) is 7.29. The van der Waals surface area contributed by atoms with Gasteiger partial charge < -0.3 is 4.90 Å². The molecule has 1 aliphatic carbocycles. The van der Waals surface area contributed by atoms with E-state index < -0.39 is 16.1 Å². The van der Waals surface area contributed by atoms with E-state index in [9.17, 15) is 13.2 Å². The first-order chi connectivity index (χ1) is 11.9. The summed E-state index contributed by atoms with van der Waals surface area (Å²) < 4.78 is 27.5. The molecule has 2 unspecified atom stereocenters. The number of amides is 1. The molecule has 3 rings (SSSR count). The summed E-state index contributed by atoms with van der Waals surface area (Å²) in [5, 5.41) is 0. The molecule has 138 valence electrons. The fourth-order valence-electron chi connectivity index (χ4n) is 3.08. The molecule has 5 nitrogen and oxygen atoms in total. The lowest BCUT2D eigenvalue weighted by molar-refractivity contribution is -0.133. The van der Waals surface area contributed by atoms with Gasteiger partial charge in [-0.15, -0.1) is 11.8 Å². The lowest BCUT2D eigenvalue weighted by Gasteiger charge is -2.27. The molecule has 1 aromatic rings. The van der Waals surface area contributed by atoms with Gasteiger partial charge in [0, 0.05) is 18.8 Å². The smallest absolute Gasteiger partial charge is 0.244 e. The Morgan fingerprint density at radius 2 is 1.96 bits per heavy atom. The molecule has 2 aliphatic rings. The van der Waals surface area contributed by atoms with Gasteiger partial charge in [0.25, 0.3) is 0 Å². The van der Waals surface area contributed by atoms with Gasteiger partial charge in [0.1, 0.15) is 6.04 Å². The van der Waals surface area contributed by atoms with Crippen LogP contribution in [-0.4, -0.2) is 54.3 Å².